The van der Waals surface area contributed by atoms with Gasteiger partial charge in [0.2, 0.25) is 0 Å². The standard InChI is InChI=1S/C31H41FN2O/c32-27-16-7-15-25(21-27)9-1-2-17-28(35)18-8-12-24-10-5-13-26(14-6-11-24)22-31-29-19-3-4-20-30(29)33-23-34-31/h3,7,15-16,19,21,23-24,26H,1-2,4-6,8-14,17-18,20,22H2. The number of Topliss-reactive ketones (excluding diaryl/α,β-unsaturated/α-hetero) is 1. The topological polar surface area (TPSA) is 42.9 Å². The molecule has 2 aromatic rings. The number of hydrogen-bond donors (Lipinski definition) is 0. The first-order valence-electron chi connectivity index (χ1n) is 13.9. The van der Waals surface area contributed by atoms with Crippen molar-refractivity contribution in [1.82, 2.24) is 9.97 Å². The van der Waals surface area contributed by atoms with Crippen LogP contribution in [0.4, 0.5) is 4.39 Å². The molecule has 0 aliphatic heterocycles. The molecular weight excluding hydrogens is 435 g/mol. The zero-order valence-electron chi connectivity index (χ0n) is 21.2. The lowest BCUT2D eigenvalue weighted by atomic mass is 9.81. The van der Waals surface area contributed by atoms with Crippen molar-refractivity contribution in [3.05, 3.63) is 65.0 Å². The minimum absolute atomic E-state index is 0.176. The molecule has 1 saturated carbocycles. The summed E-state index contributed by atoms with van der Waals surface area (Å²) in [6.45, 7) is 0. The number of allylic oxidation sites excluding steroid dienone is 1. The van der Waals surface area contributed by atoms with Gasteiger partial charge in [-0.1, -0.05) is 69.2 Å². The van der Waals surface area contributed by atoms with E-state index in [0.29, 0.717) is 12.2 Å². The summed E-state index contributed by atoms with van der Waals surface area (Å²) in [5.41, 5.74) is 4.79. The molecule has 0 amide bonds. The summed E-state index contributed by atoms with van der Waals surface area (Å²) in [7, 11) is 0. The van der Waals surface area contributed by atoms with Gasteiger partial charge in [-0.15, -0.1) is 0 Å². The fraction of sp³-hybridized carbons (Fsp3) is 0.581. The van der Waals surface area contributed by atoms with Gasteiger partial charge in [0.15, 0.2) is 0 Å². The largest absolute Gasteiger partial charge is 0.300 e. The maximum absolute atomic E-state index is 13.2. The molecule has 0 saturated heterocycles. The van der Waals surface area contributed by atoms with E-state index in [0.717, 1.165) is 68.8 Å². The van der Waals surface area contributed by atoms with Crippen molar-refractivity contribution in [2.45, 2.75) is 103 Å². The van der Waals surface area contributed by atoms with E-state index in [1.165, 1.54) is 68.0 Å². The molecular formula is C31H41FN2O. The Kier molecular flexibility index (Phi) is 10.0. The Morgan fingerprint density at radius 2 is 1.77 bits per heavy atom. The lowest BCUT2D eigenvalue weighted by Crippen LogP contribution is -2.14. The Balaban J connectivity index is 1.09. The second-order valence-corrected chi connectivity index (χ2v) is 10.7. The van der Waals surface area contributed by atoms with E-state index in [-0.39, 0.29) is 5.82 Å². The number of fused-ring (bicyclic) bond motifs is 1. The number of aryl methyl sites for hydroxylation is 2. The number of rotatable bonds is 11. The minimum atomic E-state index is -0.176. The van der Waals surface area contributed by atoms with Crippen molar-refractivity contribution in [3.8, 4) is 0 Å². The van der Waals surface area contributed by atoms with Gasteiger partial charge in [0.1, 0.15) is 17.9 Å². The molecule has 35 heavy (non-hydrogen) atoms. The summed E-state index contributed by atoms with van der Waals surface area (Å²) >= 11 is 0. The van der Waals surface area contributed by atoms with E-state index in [2.05, 4.69) is 22.1 Å². The third kappa shape index (κ3) is 8.37. The average Bonchev–Trinajstić information content (AvgIpc) is 2.85. The summed E-state index contributed by atoms with van der Waals surface area (Å²) in [5.74, 6) is 1.74. The Morgan fingerprint density at radius 3 is 2.60 bits per heavy atom. The number of hydrogen-bond acceptors (Lipinski definition) is 3. The second kappa shape index (κ2) is 13.7. The molecule has 1 fully saturated rings. The molecule has 3 nitrogen and oxygen atoms in total. The van der Waals surface area contributed by atoms with Crippen LogP contribution in [0.5, 0.6) is 0 Å². The first-order valence-corrected chi connectivity index (χ1v) is 13.9. The molecule has 4 rings (SSSR count). The normalized spacial score (nSPS) is 20.1. The molecule has 0 N–H and O–H groups in total. The highest BCUT2D eigenvalue weighted by Crippen LogP contribution is 2.32. The Hall–Kier alpha value is -2.36. The Labute approximate surface area is 210 Å². The zero-order chi connectivity index (χ0) is 24.3. The number of carbonyl (C=O) groups is 1. The van der Waals surface area contributed by atoms with Crippen LogP contribution in [0.25, 0.3) is 6.08 Å². The van der Waals surface area contributed by atoms with Gasteiger partial charge in [-0.3, -0.25) is 4.79 Å². The van der Waals surface area contributed by atoms with E-state index in [1.807, 2.05) is 6.07 Å². The number of aromatic nitrogens is 2. The molecule has 0 atom stereocenters. The molecule has 0 unspecified atom stereocenters. The van der Waals surface area contributed by atoms with Crippen molar-refractivity contribution in [2.75, 3.05) is 0 Å². The van der Waals surface area contributed by atoms with Gasteiger partial charge in [-0.05, 0) is 74.5 Å². The fourth-order valence-electron chi connectivity index (χ4n) is 5.95. The summed E-state index contributed by atoms with van der Waals surface area (Å²) in [6, 6.07) is 6.79. The predicted molar refractivity (Wildman–Crippen MR) is 141 cm³/mol. The zero-order valence-corrected chi connectivity index (χ0v) is 21.2. The summed E-state index contributed by atoms with van der Waals surface area (Å²) < 4.78 is 13.2. The molecule has 0 radical (unpaired) electrons. The molecule has 0 spiro atoms. The maximum atomic E-state index is 13.2. The summed E-state index contributed by atoms with van der Waals surface area (Å²) in [6.07, 6.45) is 23.6. The first-order chi connectivity index (χ1) is 17.2. The van der Waals surface area contributed by atoms with E-state index in [4.69, 9.17) is 0 Å². The lowest BCUT2D eigenvalue weighted by Gasteiger charge is -2.25. The van der Waals surface area contributed by atoms with E-state index >= 15 is 0 Å². The highest BCUT2D eigenvalue weighted by atomic mass is 19.1. The summed E-state index contributed by atoms with van der Waals surface area (Å²) in [5, 5.41) is 0. The van der Waals surface area contributed by atoms with Gasteiger partial charge < -0.3 is 0 Å². The van der Waals surface area contributed by atoms with Gasteiger partial charge in [0, 0.05) is 18.4 Å². The van der Waals surface area contributed by atoms with Crippen LogP contribution in [0, 0.1) is 17.7 Å². The van der Waals surface area contributed by atoms with E-state index in [1.54, 1.807) is 18.5 Å². The van der Waals surface area contributed by atoms with Crippen molar-refractivity contribution in [2.24, 2.45) is 11.8 Å². The molecule has 188 valence electrons. The third-order valence-corrected chi connectivity index (χ3v) is 7.94. The predicted octanol–water partition coefficient (Wildman–Crippen LogP) is 7.86. The molecule has 1 heterocycles. The van der Waals surface area contributed by atoms with E-state index in [9.17, 15) is 9.18 Å². The number of ketones is 1. The van der Waals surface area contributed by atoms with Crippen LogP contribution in [0.3, 0.4) is 0 Å². The molecule has 4 heteroatoms. The SMILES string of the molecule is O=C(CCCCc1cccc(F)c1)CCCC1CCCC(Cc2ncnc3c2C=CCC3)CCC1. The van der Waals surface area contributed by atoms with Crippen molar-refractivity contribution < 1.29 is 9.18 Å². The molecule has 1 aromatic carbocycles. The Morgan fingerprint density at radius 1 is 0.971 bits per heavy atom. The van der Waals surface area contributed by atoms with Crippen molar-refractivity contribution in [3.63, 3.8) is 0 Å². The maximum Gasteiger partial charge on any atom is 0.132 e. The number of carbonyl (C=O) groups excluding carboxylic acids is 1. The number of benzene rings is 1. The second-order valence-electron chi connectivity index (χ2n) is 10.7. The Bertz CT molecular complexity index is 976. The average molecular weight is 477 g/mol. The van der Waals surface area contributed by atoms with Crippen molar-refractivity contribution >= 4 is 11.9 Å². The highest BCUT2D eigenvalue weighted by Gasteiger charge is 2.20. The number of halogens is 1. The molecule has 2 aliphatic carbocycles. The van der Waals surface area contributed by atoms with Gasteiger partial charge >= 0.3 is 0 Å². The number of unbranched alkanes of at least 4 members (excludes halogenated alkanes) is 1. The first kappa shape index (κ1) is 25.7. The van der Waals surface area contributed by atoms with Gasteiger partial charge in [-0.2, -0.15) is 0 Å². The highest BCUT2D eigenvalue weighted by molar-refractivity contribution is 5.78. The number of nitrogens with zero attached hydrogens (tertiary/aromatic N) is 2. The molecule has 1 aromatic heterocycles. The third-order valence-electron chi connectivity index (χ3n) is 7.94. The van der Waals surface area contributed by atoms with Crippen LogP contribution >= 0.6 is 0 Å². The lowest BCUT2D eigenvalue weighted by molar-refractivity contribution is -0.119. The van der Waals surface area contributed by atoms with Gasteiger partial charge in [0.05, 0.1) is 11.4 Å². The smallest absolute Gasteiger partial charge is 0.132 e. The van der Waals surface area contributed by atoms with Crippen molar-refractivity contribution in [1.29, 1.82) is 0 Å². The fourth-order valence-corrected chi connectivity index (χ4v) is 5.95. The minimum Gasteiger partial charge on any atom is -0.300 e. The van der Waals surface area contributed by atoms with Crippen LogP contribution in [-0.4, -0.2) is 15.8 Å². The van der Waals surface area contributed by atoms with Crippen LogP contribution in [0.2, 0.25) is 0 Å². The summed E-state index contributed by atoms with van der Waals surface area (Å²) in [4.78, 5) is 21.5. The van der Waals surface area contributed by atoms with Gasteiger partial charge in [0.25, 0.3) is 0 Å². The molecule has 0 bridgehead atoms. The van der Waals surface area contributed by atoms with Crippen LogP contribution in [0.1, 0.15) is 106 Å². The molecule has 2 aliphatic rings. The van der Waals surface area contributed by atoms with Crippen LogP contribution in [0.15, 0.2) is 36.7 Å². The van der Waals surface area contributed by atoms with Crippen LogP contribution in [-0.2, 0) is 24.1 Å². The van der Waals surface area contributed by atoms with Gasteiger partial charge in [-0.25, -0.2) is 14.4 Å². The van der Waals surface area contributed by atoms with E-state index < -0.39 is 0 Å². The van der Waals surface area contributed by atoms with Crippen LogP contribution < -0.4 is 0 Å². The monoisotopic (exact) mass is 476 g/mol. The quantitative estimate of drug-likeness (QED) is 0.310.